The van der Waals surface area contributed by atoms with Crippen LogP contribution in [-0.2, 0) is 22.7 Å². The molecule has 1 saturated heterocycles. The summed E-state index contributed by atoms with van der Waals surface area (Å²) in [7, 11) is 2.00. The Kier molecular flexibility index (Phi) is 10.7. The summed E-state index contributed by atoms with van der Waals surface area (Å²) >= 11 is 6.63. The fourth-order valence-corrected chi connectivity index (χ4v) is 7.51. The van der Waals surface area contributed by atoms with E-state index in [4.69, 9.17) is 21.1 Å². The number of sulfonamides is 1. The van der Waals surface area contributed by atoms with Crippen molar-refractivity contribution < 1.29 is 35.5 Å². The van der Waals surface area contributed by atoms with Crippen molar-refractivity contribution in [3.63, 3.8) is 0 Å². The number of likely N-dealkylation sites (N-methyl/N-ethyl adjacent to an activating group) is 1. The van der Waals surface area contributed by atoms with Crippen LogP contribution in [0.2, 0.25) is 5.02 Å². The molecule has 1 N–H and O–H groups in total. The molecular weight excluding hydrogens is 688 g/mol. The van der Waals surface area contributed by atoms with Gasteiger partial charge in [0.2, 0.25) is 0 Å². The average Bonchev–Trinajstić information content (AvgIpc) is 3.08. The Bertz CT molecular complexity index is 1890. The molecule has 3 aromatic carbocycles. The summed E-state index contributed by atoms with van der Waals surface area (Å²) in [5.74, 6) is -0.209. The maximum atomic E-state index is 15.9. The Hall–Kier alpha value is -4.34. The van der Waals surface area contributed by atoms with Gasteiger partial charge < -0.3 is 24.6 Å². The van der Waals surface area contributed by atoms with Crippen molar-refractivity contribution in [1.82, 2.24) is 14.9 Å². The van der Waals surface area contributed by atoms with Gasteiger partial charge in [0.05, 0.1) is 37.0 Å². The van der Waals surface area contributed by atoms with Crippen LogP contribution in [-0.4, -0.2) is 76.8 Å². The van der Waals surface area contributed by atoms with Crippen LogP contribution < -0.4 is 24.0 Å². The quantitative estimate of drug-likeness (QED) is 0.178. The zero-order chi connectivity index (χ0) is 35.5. The number of methoxy groups -OCH3 is 2. The number of rotatable bonds is 11. The van der Waals surface area contributed by atoms with Crippen LogP contribution >= 0.6 is 11.6 Å². The highest BCUT2D eigenvalue weighted by atomic mass is 35.5. The molecule has 0 amide bonds. The van der Waals surface area contributed by atoms with Crippen molar-refractivity contribution in [2.75, 3.05) is 55.9 Å². The van der Waals surface area contributed by atoms with Gasteiger partial charge in [-0.2, -0.15) is 13.2 Å². The molecule has 1 aliphatic rings. The third-order valence-corrected chi connectivity index (χ3v) is 10.4. The predicted octanol–water partition coefficient (Wildman–Crippen LogP) is 6.32. The highest BCUT2D eigenvalue weighted by Gasteiger charge is 2.35. The number of nitrogens with zero attached hydrogens (tertiary/aromatic N) is 5. The molecule has 5 rings (SSSR count). The van der Waals surface area contributed by atoms with Gasteiger partial charge in [-0.15, -0.1) is 0 Å². The molecule has 4 aromatic rings. The Morgan fingerprint density at radius 3 is 2.49 bits per heavy atom. The number of ether oxygens (including phenoxy) is 2. The maximum absolute atomic E-state index is 15.9. The lowest BCUT2D eigenvalue weighted by molar-refractivity contribution is -0.137. The van der Waals surface area contributed by atoms with Crippen LogP contribution in [0.15, 0.2) is 78.1 Å². The smallest absolute Gasteiger partial charge is 0.416 e. The maximum Gasteiger partial charge on any atom is 0.416 e. The molecule has 0 aliphatic carbocycles. The summed E-state index contributed by atoms with van der Waals surface area (Å²) in [6, 6.07) is 13.0. The molecule has 2 atom stereocenters. The topological polar surface area (TPSA) is 100 Å². The first-order valence-electron chi connectivity index (χ1n) is 15.1. The SMILES string of the molecule is COc1ccc(CN(c2ccncn2)S(=O)(=O)c2cc(Cl)c(N[C@H]3CCN(c4cccc(C(F)(F)F)c4)C[C@@H]3N(C)C)cc2F)c(OC)c1. The zero-order valence-corrected chi connectivity index (χ0v) is 28.7. The van der Waals surface area contributed by atoms with Crippen molar-refractivity contribution in [1.29, 1.82) is 0 Å². The normalized spacial score (nSPS) is 16.8. The number of benzene rings is 3. The van der Waals surface area contributed by atoms with E-state index in [0.717, 1.165) is 28.6 Å². The van der Waals surface area contributed by atoms with Gasteiger partial charge in [0.25, 0.3) is 10.0 Å². The fourth-order valence-electron chi connectivity index (χ4n) is 5.75. The van der Waals surface area contributed by atoms with Gasteiger partial charge in [0, 0.05) is 54.8 Å². The monoisotopic (exact) mass is 722 g/mol. The summed E-state index contributed by atoms with van der Waals surface area (Å²) in [6.07, 6.45) is -1.45. The lowest BCUT2D eigenvalue weighted by Crippen LogP contribution is -2.56. The second-order valence-corrected chi connectivity index (χ2v) is 13.8. The van der Waals surface area contributed by atoms with Crippen LogP contribution in [0.3, 0.4) is 0 Å². The molecule has 49 heavy (non-hydrogen) atoms. The molecule has 1 fully saturated rings. The van der Waals surface area contributed by atoms with E-state index in [1.54, 1.807) is 24.3 Å². The van der Waals surface area contributed by atoms with Crippen LogP contribution in [0, 0.1) is 5.82 Å². The number of piperidine rings is 1. The second kappa shape index (κ2) is 14.6. The van der Waals surface area contributed by atoms with E-state index in [1.807, 2.05) is 23.9 Å². The van der Waals surface area contributed by atoms with Crippen LogP contribution in [0.25, 0.3) is 0 Å². The molecule has 2 heterocycles. The summed E-state index contributed by atoms with van der Waals surface area (Å²) in [5, 5.41) is 3.22. The van der Waals surface area contributed by atoms with E-state index in [9.17, 15) is 21.6 Å². The highest BCUT2D eigenvalue weighted by molar-refractivity contribution is 7.92. The lowest BCUT2D eigenvalue weighted by Gasteiger charge is -2.43. The van der Waals surface area contributed by atoms with E-state index < -0.39 is 32.5 Å². The minimum atomic E-state index is -4.60. The molecule has 0 saturated carbocycles. The molecule has 10 nitrogen and oxygen atoms in total. The third kappa shape index (κ3) is 7.94. The number of aromatic nitrogens is 2. The molecule has 0 spiro atoms. The van der Waals surface area contributed by atoms with Crippen LogP contribution in [0.5, 0.6) is 11.5 Å². The molecule has 1 aliphatic heterocycles. The van der Waals surface area contributed by atoms with Gasteiger partial charge in [-0.05, 0) is 63.0 Å². The van der Waals surface area contributed by atoms with Gasteiger partial charge in [-0.1, -0.05) is 17.7 Å². The Morgan fingerprint density at radius 2 is 1.84 bits per heavy atom. The first-order valence-corrected chi connectivity index (χ1v) is 16.9. The van der Waals surface area contributed by atoms with E-state index in [1.165, 1.54) is 38.9 Å². The molecule has 0 unspecified atom stereocenters. The van der Waals surface area contributed by atoms with E-state index in [0.29, 0.717) is 42.3 Å². The standard InChI is InChI=1S/C33H35ClF4N6O4S/c1-42(2)29-19-43(23-7-5-6-22(14-23)33(36,37)38)13-11-27(29)41-28-17-26(35)31(16-25(28)34)49(45,46)44(32-10-12-39-20-40-32)18-21-8-9-24(47-3)15-30(21)48-4/h5-10,12,14-17,20,27,29,41H,11,13,18-19H2,1-4H3/t27-,29-/m0/s1. The molecular formula is C33H35ClF4N6O4S. The molecule has 16 heteroatoms. The number of nitrogens with one attached hydrogen (secondary N) is 1. The number of anilines is 3. The van der Waals surface area contributed by atoms with Crippen LogP contribution in [0.4, 0.5) is 34.8 Å². The van der Waals surface area contributed by atoms with Gasteiger partial charge in [0.1, 0.15) is 34.4 Å². The van der Waals surface area contributed by atoms with Crippen molar-refractivity contribution >= 4 is 38.8 Å². The van der Waals surface area contributed by atoms with Gasteiger partial charge in [-0.25, -0.2) is 27.1 Å². The van der Waals surface area contributed by atoms with Crippen molar-refractivity contribution in [3.05, 3.63) is 95.2 Å². The molecule has 0 bridgehead atoms. The molecule has 0 radical (unpaired) electrons. The summed E-state index contributed by atoms with van der Waals surface area (Å²) < 4.78 is 95.9. The summed E-state index contributed by atoms with van der Waals surface area (Å²) in [5.41, 5.74) is 0.346. The average molecular weight is 723 g/mol. The number of hydrogen-bond acceptors (Lipinski definition) is 9. The number of halogens is 5. The first kappa shape index (κ1) is 36.0. The minimum Gasteiger partial charge on any atom is -0.497 e. The number of hydrogen-bond donors (Lipinski definition) is 1. The Balaban J connectivity index is 1.42. The first-order chi connectivity index (χ1) is 23.2. The zero-order valence-electron chi connectivity index (χ0n) is 27.1. The second-order valence-electron chi connectivity index (χ2n) is 11.6. The molecule has 1 aromatic heterocycles. The fraction of sp³-hybridized carbons (Fsp3) is 0.333. The highest BCUT2D eigenvalue weighted by Crippen LogP contribution is 2.36. The van der Waals surface area contributed by atoms with E-state index in [-0.39, 0.29) is 35.2 Å². The third-order valence-electron chi connectivity index (χ3n) is 8.34. The summed E-state index contributed by atoms with van der Waals surface area (Å²) in [6.45, 7) is 0.526. The predicted molar refractivity (Wildman–Crippen MR) is 180 cm³/mol. The van der Waals surface area contributed by atoms with Crippen molar-refractivity contribution in [3.8, 4) is 11.5 Å². The van der Waals surface area contributed by atoms with E-state index >= 15 is 4.39 Å². The lowest BCUT2D eigenvalue weighted by atomic mass is 9.97. The Labute approximate surface area is 287 Å². The Morgan fingerprint density at radius 1 is 1.06 bits per heavy atom. The van der Waals surface area contributed by atoms with Gasteiger partial charge >= 0.3 is 6.18 Å². The van der Waals surface area contributed by atoms with Gasteiger partial charge in [0.15, 0.2) is 0 Å². The summed E-state index contributed by atoms with van der Waals surface area (Å²) in [4.78, 5) is 11.1. The van der Waals surface area contributed by atoms with E-state index in [2.05, 4.69) is 15.3 Å². The van der Waals surface area contributed by atoms with Crippen LogP contribution in [0.1, 0.15) is 17.5 Å². The van der Waals surface area contributed by atoms with Crippen molar-refractivity contribution in [2.45, 2.75) is 36.1 Å². The largest absolute Gasteiger partial charge is 0.497 e. The minimum absolute atomic E-state index is 0.00745. The van der Waals surface area contributed by atoms with Gasteiger partial charge in [-0.3, -0.25) is 0 Å². The molecule has 262 valence electrons. The van der Waals surface area contributed by atoms with Crippen molar-refractivity contribution in [2.24, 2.45) is 0 Å². The number of alkyl halides is 3.